The van der Waals surface area contributed by atoms with Crippen LogP contribution in [0.4, 0.5) is 4.39 Å². The summed E-state index contributed by atoms with van der Waals surface area (Å²) in [6, 6.07) is 6.32. The van der Waals surface area contributed by atoms with Gasteiger partial charge in [0, 0.05) is 57.1 Å². The number of likely N-dealkylation sites (tertiary alicyclic amines) is 1. The molecule has 49 heavy (non-hydrogen) atoms. The highest BCUT2D eigenvalue weighted by atomic mass is 19.1. The average Bonchev–Trinajstić information content (AvgIpc) is 3.78. The fourth-order valence-electron chi connectivity index (χ4n) is 8.83. The summed E-state index contributed by atoms with van der Waals surface area (Å²) in [6.45, 7) is 4.48. The molecule has 3 atom stereocenters. The number of morpholine rings is 1. The van der Waals surface area contributed by atoms with Gasteiger partial charge in [0.05, 0.1) is 32.0 Å². The third-order valence-electron chi connectivity index (χ3n) is 11.7. The predicted octanol–water partition coefficient (Wildman–Crippen LogP) is 4.95. The smallest absolute Gasteiger partial charge is 0.374 e. The van der Waals surface area contributed by atoms with Gasteiger partial charge in [0.1, 0.15) is 12.3 Å². The Labute approximate surface area is 289 Å². The zero-order valence-electron chi connectivity index (χ0n) is 29.0. The second-order valence-electron chi connectivity index (χ2n) is 14.7. The van der Waals surface area contributed by atoms with Gasteiger partial charge in [0.25, 0.3) is 0 Å². The van der Waals surface area contributed by atoms with Gasteiger partial charge in [-0.3, -0.25) is 14.5 Å². The van der Waals surface area contributed by atoms with Gasteiger partial charge < -0.3 is 29.3 Å². The molecular formula is C38H54FN3O7. The molecular weight excluding hydrogens is 629 g/mol. The average molecular weight is 684 g/mol. The molecule has 6 rings (SSSR count). The van der Waals surface area contributed by atoms with Crippen LogP contribution in [0.3, 0.4) is 0 Å². The minimum absolute atomic E-state index is 0.0561. The van der Waals surface area contributed by atoms with Gasteiger partial charge in [-0.2, -0.15) is 0 Å². The molecule has 270 valence electrons. The van der Waals surface area contributed by atoms with Gasteiger partial charge in [-0.05, 0) is 106 Å². The zero-order chi connectivity index (χ0) is 34.3. The van der Waals surface area contributed by atoms with Gasteiger partial charge in [-0.1, -0.05) is 6.07 Å². The second kappa shape index (κ2) is 16.9. The molecule has 2 saturated carbocycles. The lowest BCUT2D eigenvalue weighted by Crippen LogP contribution is -2.48. The second-order valence-corrected chi connectivity index (χ2v) is 14.7. The number of nitrogens with zero attached hydrogens (tertiary/aromatic N) is 2. The van der Waals surface area contributed by atoms with Crippen LogP contribution >= 0.6 is 0 Å². The number of carbonyl (C=O) groups excluding carboxylic acids is 3. The molecule has 0 spiro atoms. The highest BCUT2D eigenvalue weighted by Gasteiger charge is 2.47. The van der Waals surface area contributed by atoms with E-state index < -0.39 is 24.7 Å². The topological polar surface area (TPSA) is 125 Å². The molecule has 0 bridgehead atoms. The van der Waals surface area contributed by atoms with Crippen LogP contribution in [0.15, 0.2) is 28.7 Å². The molecule has 11 heteroatoms. The van der Waals surface area contributed by atoms with E-state index in [1.165, 1.54) is 0 Å². The van der Waals surface area contributed by atoms with Crippen molar-refractivity contribution in [1.82, 2.24) is 9.80 Å². The quantitative estimate of drug-likeness (QED) is 0.231. The highest BCUT2D eigenvalue weighted by Crippen LogP contribution is 2.42. The van der Waals surface area contributed by atoms with Gasteiger partial charge in [0.15, 0.2) is 5.78 Å². The molecule has 1 aromatic carbocycles. The maximum atomic E-state index is 14.3. The van der Waals surface area contributed by atoms with Crippen molar-refractivity contribution in [3.05, 3.63) is 35.6 Å². The van der Waals surface area contributed by atoms with Crippen LogP contribution in [0.1, 0.15) is 80.3 Å². The summed E-state index contributed by atoms with van der Waals surface area (Å²) in [4.78, 5) is 45.3. The maximum Gasteiger partial charge on any atom is 0.374 e. The van der Waals surface area contributed by atoms with Crippen molar-refractivity contribution in [3.63, 3.8) is 0 Å². The molecule has 0 unspecified atom stereocenters. The number of alkyl halides is 1. The third-order valence-corrected chi connectivity index (χ3v) is 11.7. The normalized spacial score (nSPS) is 28.8. The first kappa shape index (κ1) is 35.9. The largest absolute Gasteiger partial charge is 0.460 e. The summed E-state index contributed by atoms with van der Waals surface area (Å²) >= 11 is 0. The lowest BCUT2D eigenvalue weighted by atomic mass is 9.74. The molecule has 4 fully saturated rings. The van der Waals surface area contributed by atoms with Crippen molar-refractivity contribution in [3.8, 4) is 0 Å². The van der Waals surface area contributed by atoms with Crippen LogP contribution in [0.25, 0.3) is 11.0 Å². The fourth-order valence-corrected chi connectivity index (χ4v) is 8.83. The first-order valence-corrected chi connectivity index (χ1v) is 18.5. The Morgan fingerprint density at radius 2 is 1.73 bits per heavy atom. The summed E-state index contributed by atoms with van der Waals surface area (Å²) < 4.78 is 35.5. The number of halogens is 1. The maximum absolute atomic E-state index is 14.3. The number of amides is 1. The van der Waals surface area contributed by atoms with Gasteiger partial charge in [0.2, 0.25) is 11.7 Å². The SMILES string of the molecule is COC1CCC([C@@H]2CCN(C(=O)C3CCC([C@H](N)CF)CC3)[C@@H]2C(=O)Cc2ccc3oc(C(=O)OCCCN4CCOCC4)cc3c2)CC1. The summed E-state index contributed by atoms with van der Waals surface area (Å²) in [5.74, 6) is 0.213. The van der Waals surface area contributed by atoms with Crippen LogP contribution in [-0.4, -0.2) is 105 Å². The van der Waals surface area contributed by atoms with Crippen molar-refractivity contribution in [2.24, 2.45) is 29.4 Å². The Kier molecular flexibility index (Phi) is 12.4. The van der Waals surface area contributed by atoms with E-state index >= 15 is 0 Å². The number of esters is 1. The van der Waals surface area contributed by atoms with E-state index in [1.807, 2.05) is 17.0 Å². The lowest BCUT2D eigenvalue weighted by Gasteiger charge is -2.37. The van der Waals surface area contributed by atoms with Crippen LogP contribution < -0.4 is 5.73 Å². The first-order valence-electron chi connectivity index (χ1n) is 18.5. The van der Waals surface area contributed by atoms with E-state index in [-0.39, 0.29) is 47.7 Å². The summed E-state index contributed by atoms with van der Waals surface area (Å²) in [5.41, 5.74) is 7.37. The number of hydrogen-bond donors (Lipinski definition) is 1. The number of furan rings is 1. The highest BCUT2D eigenvalue weighted by molar-refractivity contribution is 5.94. The summed E-state index contributed by atoms with van der Waals surface area (Å²) in [7, 11) is 1.76. The van der Waals surface area contributed by atoms with E-state index in [0.717, 1.165) is 95.2 Å². The number of nitrogens with two attached hydrogens (primary N) is 1. The predicted molar refractivity (Wildman–Crippen MR) is 183 cm³/mol. The zero-order valence-corrected chi connectivity index (χ0v) is 29.0. The van der Waals surface area contributed by atoms with E-state index in [4.69, 9.17) is 24.4 Å². The molecule has 3 heterocycles. The van der Waals surface area contributed by atoms with E-state index in [1.54, 1.807) is 19.2 Å². The Balaban J connectivity index is 1.11. The standard InChI is InChI=1S/C38H54FN3O7/c1-46-30-10-8-26(9-11-30)31-13-15-42(37(44)28-6-4-27(5-7-28)32(40)24-39)36(31)33(43)22-25-3-12-34-29(21-25)23-35(49-34)38(45)48-18-2-14-41-16-19-47-20-17-41/h3,12,21,23,26-28,30-32,36H,2,4-11,13-20,22,24,40H2,1H3/t26?,27?,28?,30?,31-,32+,36-/m0/s1. The Hall–Kier alpha value is -2.86. The minimum atomic E-state index is -0.537. The number of hydrogen-bond acceptors (Lipinski definition) is 9. The number of fused-ring (bicyclic) bond motifs is 1. The number of benzene rings is 1. The Morgan fingerprint density at radius 1 is 0.980 bits per heavy atom. The molecule has 1 amide bonds. The van der Waals surface area contributed by atoms with Crippen molar-refractivity contribution in [2.75, 3.05) is 59.8 Å². The van der Waals surface area contributed by atoms with E-state index in [9.17, 15) is 18.8 Å². The van der Waals surface area contributed by atoms with Crippen LogP contribution in [0.2, 0.25) is 0 Å². The number of ether oxygens (including phenoxy) is 3. The van der Waals surface area contributed by atoms with Gasteiger partial charge >= 0.3 is 5.97 Å². The van der Waals surface area contributed by atoms with Crippen molar-refractivity contribution < 1.29 is 37.4 Å². The molecule has 2 N–H and O–H groups in total. The van der Waals surface area contributed by atoms with Crippen molar-refractivity contribution in [2.45, 2.75) is 88.8 Å². The van der Waals surface area contributed by atoms with Crippen molar-refractivity contribution >= 4 is 28.6 Å². The number of Topliss-reactive ketones (excluding diaryl/α,β-unsaturated/α-hetero) is 1. The van der Waals surface area contributed by atoms with Gasteiger partial charge in [-0.15, -0.1) is 0 Å². The van der Waals surface area contributed by atoms with E-state index in [2.05, 4.69) is 4.90 Å². The molecule has 2 aliphatic carbocycles. The number of ketones is 1. The summed E-state index contributed by atoms with van der Waals surface area (Å²) in [5, 5.41) is 0.739. The monoisotopic (exact) mass is 683 g/mol. The lowest BCUT2D eigenvalue weighted by molar-refractivity contribution is -0.143. The number of rotatable bonds is 13. The molecule has 4 aliphatic rings. The number of carbonyl (C=O) groups is 3. The fraction of sp³-hybridized carbons (Fsp3) is 0.711. The molecule has 1 aromatic heterocycles. The molecule has 2 aromatic rings. The van der Waals surface area contributed by atoms with Crippen molar-refractivity contribution in [1.29, 1.82) is 0 Å². The first-order chi connectivity index (χ1) is 23.8. The molecule has 2 saturated heterocycles. The Morgan fingerprint density at radius 3 is 2.45 bits per heavy atom. The van der Waals surface area contributed by atoms with Crippen LogP contribution in [0.5, 0.6) is 0 Å². The molecule has 2 aliphatic heterocycles. The number of methoxy groups -OCH3 is 1. The van der Waals surface area contributed by atoms with Crippen LogP contribution in [0, 0.1) is 23.7 Å². The molecule has 0 radical (unpaired) electrons. The minimum Gasteiger partial charge on any atom is -0.460 e. The van der Waals surface area contributed by atoms with E-state index in [0.29, 0.717) is 37.5 Å². The van der Waals surface area contributed by atoms with Crippen LogP contribution in [-0.2, 0) is 30.2 Å². The van der Waals surface area contributed by atoms with Gasteiger partial charge in [-0.25, -0.2) is 9.18 Å². The third kappa shape index (κ3) is 8.72. The Bertz CT molecular complexity index is 1410. The molecule has 10 nitrogen and oxygen atoms in total. The summed E-state index contributed by atoms with van der Waals surface area (Å²) in [6.07, 6.45) is 8.81.